The fraction of sp³-hybridized carbons (Fsp3) is 0. The Kier molecular flexibility index (Phi) is 7.41. The lowest BCUT2D eigenvalue weighted by molar-refractivity contribution is 0.669. The van der Waals surface area contributed by atoms with Gasteiger partial charge >= 0.3 is 0 Å². The average Bonchev–Trinajstić information content (AvgIpc) is 4.00. The molecule has 0 bridgehead atoms. The molecular weight excluding hydrogens is 765 g/mol. The molecule has 0 N–H and O–H groups in total. The zero-order valence-electron chi connectivity index (χ0n) is 32.6. The molecular formula is C55H32N4OS. The third kappa shape index (κ3) is 5.36. The number of nitrogens with zero attached hydrogens (tertiary/aromatic N) is 4. The quantitative estimate of drug-likeness (QED) is 0.174. The van der Waals surface area contributed by atoms with Gasteiger partial charge in [0.05, 0.1) is 22.1 Å². The molecule has 4 heterocycles. The molecule has 61 heavy (non-hydrogen) atoms. The number of hydrogen-bond donors (Lipinski definition) is 0. The number of aromatic nitrogens is 4. The van der Waals surface area contributed by atoms with Crippen LogP contribution in [0.4, 0.5) is 0 Å². The minimum atomic E-state index is 0.566. The molecule has 0 amide bonds. The Morgan fingerprint density at radius 2 is 1.03 bits per heavy atom. The van der Waals surface area contributed by atoms with Gasteiger partial charge < -0.3 is 8.98 Å². The molecule has 6 heteroatoms. The van der Waals surface area contributed by atoms with Crippen LogP contribution in [-0.2, 0) is 0 Å². The number of fused-ring (bicyclic) bond motifs is 10. The summed E-state index contributed by atoms with van der Waals surface area (Å²) in [5.74, 6) is 1.79. The van der Waals surface area contributed by atoms with Crippen molar-refractivity contribution in [2.24, 2.45) is 0 Å². The largest absolute Gasteiger partial charge is 0.456 e. The molecule has 0 saturated heterocycles. The summed E-state index contributed by atoms with van der Waals surface area (Å²) in [6.07, 6.45) is 0. The van der Waals surface area contributed by atoms with Gasteiger partial charge in [0.1, 0.15) is 11.2 Å². The first-order chi connectivity index (χ1) is 30.2. The van der Waals surface area contributed by atoms with E-state index in [1.807, 2.05) is 18.2 Å². The zero-order valence-corrected chi connectivity index (χ0v) is 33.4. The minimum Gasteiger partial charge on any atom is -0.456 e. The Hall–Kier alpha value is -7.93. The summed E-state index contributed by atoms with van der Waals surface area (Å²) in [6, 6.07) is 68.5. The van der Waals surface area contributed by atoms with Gasteiger partial charge in [0, 0.05) is 53.0 Å². The van der Waals surface area contributed by atoms with Crippen molar-refractivity contribution < 1.29 is 4.42 Å². The fourth-order valence-corrected chi connectivity index (χ4v) is 10.4. The van der Waals surface area contributed by atoms with Crippen LogP contribution in [0.3, 0.4) is 0 Å². The first kappa shape index (κ1) is 34.0. The number of furan rings is 1. The zero-order chi connectivity index (χ0) is 40.0. The molecule has 9 aromatic carbocycles. The van der Waals surface area contributed by atoms with Crippen molar-refractivity contribution in [1.82, 2.24) is 19.5 Å². The highest BCUT2D eigenvalue weighted by molar-refractivity contribution is 7.25. The van der Waals surface area contributed by atoms with E-state index in [-0.39, 0.29) is 0 Å². The number of para-hydroxylation sites is 2. The van der Waals surface area contributed by atoms with E-state index in [9.17, 15) is 0 Å². The number of rotatable bonds is 5. The van der Waals surface area contributed by atoms with E-state index in [0.717, 1.165) is 71.9 Å². The molecule has 13 rings (SSSR count). The molecule has 0 spiro atoms. The third-order valence-electron chi connectivity index (χ3n) is 12.0. The average molecular weight is 797 g/mol. The van der Waals surface area contributed by atoms with Crippen LogP contribution in [0.25, 0.3) is 126 Å². The van der Waals surface area contributed by atoms with Crippen molar-refractivity contribution in [2.75, 3.05) is 0 Å². The van der Waals surface area contributed by atoms with E-state index in [1.165, 1.54) is 36.3 Å². The molecule has 0 unspecified atom stereocenters. The SMILES string of the molecule is c1ccc(-c2cccc(-c3nc(-c4cc(-n5c6ccccc6c6cc7ccccc7cc65)c5c(c4)oc4ccccc45)nc(-c4cccc5sc6ccccc6c45)n3)c2)cc1. The Morgan fingerprint density at radius 1 is 0.377 bits per heavy atom. The summed E-state index contributed by atoms with van der Waals surface area (Å²) in [6.45, 7) is 0. The van der Waals surface area contributed by atoms with Crippen molar-refractivity contribution in [3.63, 3.8) is 0 Å². The second kappa shape index (κ2) is 13.3. The molecule has 5 nitrogen and oxygen atoms in total. The maximum absolute atomic E-state index is 6.75. The first-order valence-electron chi connectivity index (χ1n) is 20.4. The van der Waals surface area contributed by atoms with Crippen LogP contribution in [0.5, 0.6) is 0 Å². The molecule has 13 aromatic rings. The van der Waals surface area contributed by atoms with E-state index in [4.69, 9.17) is 19.4 Å². The molecule has 0 aliphatic heterocycles. The molecule has 0 radical (unpaired) electrons. The molecule has 0 saturated carbocycles. The molecule has 284 valence electrons. The van der Waals surface area contributed by atoms with Gasteiger partial charge in [-0.1, -0.05) is 140 Å². The third-order valence-corrected chi connectivity index (χ3v) is 13.1. The van der Waals surface area contributed by atoms with Crippen molar-refractivity contribution in [3.05, 3.63) is 194 Å². The van der Waals surface area contributed by atoms with Gasteiger partial charge in [0.15, 0.2) is 17.5 Å². The summed E-state index contributed by atoms with van der Waals surface area (Å²) >= 11 is 1.79. The van der Waals surface area contributed by atoms with Gasteiger partial charge in [-0.3, -0.25) is 0 Å². The van der Waals surface area contributed by atoms with Gasteiger partial charge in [-0.2, -0.15) is 0 Å². The lowest BCUT2D eigenvalue weighted by Gasteiger charge is -2.14. The molecule has 0 aliphatic carbocycles. The van der Waals surface area contributed by atoms with Crippen LogP contribution < -0.4 is 0 Å². The normalized spacial score (nSPS) is 11.9. The van der Waals surface area contributed by atoms with E-state index < -0.39 is 0 Å². The van der Waals surface area contributed by atoms with Crippen LogP contribution in [0.1, 0.15) is 0 Å². The Labute approximate surface area is 353 Å². The number of hydrogen-bond acceptors (Lipinski definition) is 5. The Morgan fingerprint density at radius 3 is 1.92 bits per heavy atom. The Balaban J connectivity index is 1.12. The van der Waals surface area contributed by atoms with Crippen LogP contribution in [-0.4, -0.2) is 19.5 Å². The highest BCUT2D eigenvalue weighted by Gasteiger charge is 2.23. The predicted molar refractivity (Wildman–Crippen MR) is 254 cm³/mol. The maximum atomic E-state index is 6.75. The summed E-state index contributed by atoms with van der Waals surface area (Å²) in [7, 11) is 0. The second-order valence-electron chi connectivity index (χ2n) is 15.6. The van der Waals surface area contributed by atoms with Gasteiger partial charge in [0.25, 0.3) is 0 Å². The second-order valence-corrected chi connectivity index (χ2v) is 16.6. The monoisotopic (exact) mass is 796 g/mol. The van der Waals surface area contributed by atoms with Crippen molar-refractivity contribution in [3.8, 4) is 51.0 Å². The standard InChI is InChI=1S/C55H32N4OS/c1-2-14-33(15-3-1)34-18-12-19-37(28-34)53-56-54(58-55(57-53)42-23-13-27-50-51(42)41-22-8-11-26-49(41)61-50)38-31-46(52-40-21-7-10-25-47(40)60-48(52)32-38)59-44-24-9-6-20-39(44)43-29-35-16-4-5-17-36(35)30-45(43)59/h1-32H. The minimum absolute atomic E-state index is 0.566. The van der Waals surface area contributed by atoms with Crippen molar-refractivity contribution in [1.29, 1.82) is 0 Å². The molecule has 4 aromatic heterocycles. The lowest BCUT2D eigenvalue weighted by atomic mass is 10.0. The Bertz CT molecular complexity index is 3900. The first-order valence-corrected chi connectivity index (χ1v) is 21.2. The van der Waals surface area contributed by atoms with Gasteiger partial charge in [-0.05, 0) is 76.5 Å². The van der Waals surface area contributed by atoms with E-state index >= 15 is 0 Å². The van der Waals surface area contributed by atoms with Crippen LogP contribution in [0.15, 0.2) is 199 Å². The van der Waals surface area contributed by atoms with E-state index in [1.54, 1.807) is 11.3 Å². The summed E-state index contributed by atoms with van der Waals surface area (Å²) in [4.78, 5) is 16.0. The molecule has 0 fully saturated rings. The van der Waals surface area contributed by atoms with Gasteiger partial charge in [0.2, 0.25) is 0 Å². The number of thiophene rings is 1. The lowest BCUT2D eigenvalue weighted by Crippen LogP contribution is -2.02. The fourth-order valence-electron chi connectivity index (χ4n) is 9.24. The summed E-state index contributed by atoms with van der Waals surface area (Å²) in [5.41, 5.74) is 9.76. The predicted octanol–water partition coefficient (Wildman–Crippen LogP) is 15.1. The molecule has 0 aliphatic rings. The molecule has 0 atom stereocenters. The van der Waals surface area contributed by atoms with Crippen LogP contribution >= 0.6 is 11.3 Å². The highest BCUT2D eigenvalue weighted by atomic mass is 32.1. The van der Waals surface area contributed by atoms with Crippen LogP contribution in [0.2, 0.25) is 0 Å². The smallest absolute Gasteiger partial charge is 0.164 e. The topological polar surface area (TPSA) is 56.7 Å². The van der Waals surface area contributed by atoms with Gasteiger partial charge in [-0.25, -0.2) is 15.0 Å². The highest BCUT2D eigenvalue weighted by Crippen LogP contribution is 2.43. The summed E-state index contributed by atoms with van der Waals surface area (Å²) < 4.78 is 11.6. The maximum Gasteiger partial charge on any atom is 0.164 e. The van der Waals surface area contributed by atoms with E-state index in [0.29, 0.717) is 17.5 Å². The van der Waals surface area contributed by atoms with E-state index in [2.05, 4.69) is 180 Å². The van der Waals surface area contributed by atoms with Crippen LogP contribution in [0, 0.1) is 0 Å². The van der Waals surface area contributed by atoms with Crippen molar-refractivity contribution >= 4 is 86.0 Å². The summed E-state index contributed by atoms with van der Waals surface area (Å²) in [5, 5.41) is 9.20. The van der Waals surface area contributed by atoms with Gasteiger partial charge in [-0.15, -0.1) is 11.3 Å². The van der Waals surface area contributed by atoms with Crippen molar-refractivity contribution in [2.45, 2.75) is 0 Å². The number of benzene rings is 9.